The number of hydrogen-bond acceptors (Lipinski definition) is 4. The summed E-state index contributed by atoms with van der Waals surface area (Å²) in [6, 6.07) is 1.93. The highest BCUT2D eigenvalue weighted by molar-refractivity contribution is 5.41. The monoisotopic (exact) mass is 220 g/mol. The van der Waals surface area contributed by atoms with Crippen LogP contribution in [0.4, 0.5) is 11.8 Å². The van der Waals surface area contributed by atoms with Crippen molar-refractivity contribution >= 4 is 11.8 Å². The lowest BCUT2D eigenvalue weighted by molar-refractivity contribution is 0.531. The van der Waals surface area contributed by atoms with Crippen LogP contribution < -0.4 is 10.6 Å². The third kappa shape index (κ3) is 2.62. The molecule has 4 heteroatoms. The summed E-state index contributed by atoms with van der Waals surface area (Å²) in [6.07, 6.45) is 6.88. The van der Waals surface area contributed by atoms with Crippen LogP contribution in [0, 0.1) is 0 Å². The van der Waals surface area contributed by atoms with Gasteiger partial charge in [0.15, 0.2) is 0 Å². The minimum absolute atomic E-state index is 0.220. The maximum atomic E-state index is 4.44. The molecule has 0 spiro atoms. The Morgan fingerprint density at radius 1 is 1.38 bits per heavy atom. The highest BCUT2D eigenvalue weighted by Gasteiger charge is 2.28. The lowest BCUT2D eigenvalue weighted by Gasteiger charge is -2.25. The minimum atomic E-state index is 0.220. The van der Waals surface area contributed by atoms with Crippen molar-refractivity contribution in [2.45, 2.75) is 45.1 Å². The highest BCUT2D eigenvalue weighted by atomic mass is 15.2. The van der Waals surface area contributed by atoms with Crippen molar-refractivity contribution < 1.29 is 0 Å². The standard InChI is InChI=1S/C12H20N4/c1-3-13-11-14-9-6-10(15-11)16-12(2)7-4-5-8-12/h6,9H,3-5,7-8H2,1-2H3,(H2,13,14,15,16). The van der Waals surface area contributed by atoms with Crippen molar-refractivity contribution in [2.24, 2.45) is 0 Å². The van der Waals surface area contributed by atoms with Crippen LogP contribution in [0.1, 0.15) is 39.5 Å². The third-order valence-electron chi connectivity index (χ3n) is 3.13. The van der Waals surface area contributed by atoms with Crippen molar-refractivity contribution in [2.75, 3.05) is 17.2 Å². The summed E-state index contributed by atoms with van der Waals surface area (Å²) >= 11 is 0. The summed E-state index contributed by atoms with van der Waals surface area (Å²) < 4.78 is 0. The topological polar surface area (TPSA) is 49.8 Å². The number of hydrogen-bond donors (Lipinski definition) is 2. The molecule has 1 fully saturated rings. The molecule has 0 aromatic carbocycles. The smallest absolute Gasteiger partial charge is 0.224 e. The molecule has 0 amide bonds. The van der Waals surface area contributed by atoms with E-state index in [2.05, 4.69) is 27.5 Å². The normalized spacial score (nSPS) is 18.4. The predicted octanol–water partition coefficient (Wildman–Crippen LogP) is 2.65. The van der Waals surface area contributed by atoms with E-state index < -0.39 is 0 Å². The zero-order valence-electron chi connectivity index (χ0n) is 10.1. The Morgan fingerprint density at radius 2 is 2.12 bits per heavy atom. The van der Waals surface area contributed by atoms with E-state index in [4.69, 9.17) is 0 Å². The second-order valence-electron chi connectivity index (χ2n) is 4.69. The van der Waals surface area contributed by atoms with Crippen LogP contribution in [-0.2, 0) is 0 Å². The van der Waals surface area contributed by atoms with Gasteiger partial charge in [0, 0.05) is 18.3 Å². The molecule has 4 nitrogen and oxygen atoms in total. The molecule has 1 aliphatic rings. The van der Waals surface area contributed by atoms with E-state index >= 15 is 0 Å². The van der Waals surface area contributed by atoms with Gasteiger partial charge in [0.25, 0.3) is 0 Å². The second kappa shape index (κ2) is 4.68. The first-order valence-corrected chi connectivity index (χ1v) is 6.07. The molecule has 1 aromatic heterocycles. The van der Waals surface area contributed by atoms with E-state index in [1.54, 1.807) is 6.20 Å². The van der Waals surface area contributed by atoms with E-state index in [0.717, 1.165) is 12.4 Å². The molecule has 0 atom stereocenters. The van der Waals surface area contributed by atoms with E-state index in [1.165, 1.54) is 25.7 Å². The number of nitrogens with one attached hydrogen (secondary N) is 2. The van der Waals surface area contributed by atoms with Crippen molar-refractivity contribution in [1.82, 2.24) is 9.97 Å². The van der Waals surface area contributed by atoms with Gasteiger partial charge in [-0.2, -0.15) is 4.98 Å². The number of anilines is 2. The predicted molar refractivity (Wildman–Crippen MR) is 66.7 cm³/mol. The summed E-state index contributed by atoms with van der Waals surface area (Å²) in [5.74, 6) is 1.63. The number of nitrogens with zero attached hydrogens (tertiary/aromatic N) is 2. The Morgan fingerprint density at radius 3 is 2.81 bits per heavy atom. The number of aromatic nitrogens is 2. The van der Waals surface area contributed by atoms with Crippen molar-refractivity contribution in [3.05, 3.63) is 12.3 Å². The molecule has 0 unspecified atom stereocenters. The molecule has 1 heterocycles. The van der Waals surface area contributed by atoms with Crippen molar-refractivity contribution in [3.63, 3.8) is 0 Å². The Kier molecular flexibility index (Phi) is 3.27. The molecule has 0 saturated heterocycles. The Labute approximate surface area is 96.9 Å². The molecule has 88 valence electrons. The minimum Gasteiger partial charge on any atom is -0.365 e. The Hall–Kier alpha value is -1.32. The van der Waals surface area contributed by atoms with Crippen LogP contribution in [0.5, 0.6) is 0 Å². The molecule has 2 N–H and O–H groups in total. The van der Waals surface area contributed by atoms with Crippen LogP contribution in [-0.4, -0.2) is 22.1 Å². The fraction of sp³-hybridized carbons (Fsp3) is 0.667. The van der Waals surface area contributed by atoms with Gasteiger partial charge in [0.2, 0.25) is 5.95 Å². The molecule has 0 aliphatic heterocycles. The second-order valence-corrected chi connectivity index (χ2v) is 4.69. The molecule has 0 radical (unpaired) electrons. The van der Waals surface area contributed by atoms with Gasteiger partial charge in [0.05, 0.1) is 0 Å². The summed E-state index contributed by atoms with van der Waals surface area (Å²) in [5, 5.41) is 6.65. The van der Waals surface area contributed by atoms with Crippen LogP contribution >= 0.6 is 0 Å². The Bertz CT molecular complexity index is 345. The third-order valence-corrected chi connectivity index (χ3v) is 3.13. The van der Waals surface area contributed by atoms with Gasteiger partial charge in [0.1, 0.15) is 5.82 Å². The number of rotatable bonds is 4. The first kappa shape index (κ1) is 11.2. The highest BCUT2D eigenvalue weighted by Crippen LogP contribution is 2.31. The van der Waals surface area contributed by atoms with Gasteiger partial charge in [-0.05, 0) is 32.8 Å². The van der Waals surface area contributed by atoms with Crippen LogP contribution in [0.15, 0.2) is 12.3 Å². The van der Waals surface area contributed by atoms with E-state index in [-0.39, 0.29) is 5.54 Å². The van der Waals surface area contributed by atoms with E-state index in [1.807, 2.05) is 13.0 Å². The lowest BCUT2D eigenvalue weighted by atomic mass is 10.0. The van der Waals surface area contributed by atoms with Gasteiger partial charge in [-0.15, -0.1) is 0 Å². The van der Waals surface area contributed by atoms with Crippen LogP contribution in [0.3, 0.4) is 0 Å². The van der Waals surface area contributed by atoms with Gasteiger partial charge >= 0.3 is 0 Å². The molecule has 1 saturated carbocycles. The quantitative estimate of drug-likeness (QED) is 0.819. The first-order chi connectivity index (χ1) is 7.72. The maximum Gasteiger partial charge on any atom is 0.224 e. The largest absolute Gasteiger partial charge is 0.365 e. The summed E-state index contributed by atoms with van der Waals surface area (Å²) in [7, 11) is 0. The Balaban J connectivity index is 2.05. The first-order valence-electron chi connectivity index (χ1n) is 6.07. The lowest BCUT2D eigenvalue weighted by Crippen LogP contribution is -2.31. The van der Waals surface area contributed by atoms with Crippen molar-refractivity contribution in [1.29, 1.82) is 0 Å². The fourth-order valence-corrected chi connectivity index (χ4v) is 2.26. The summed E-state index contributed by atoms with van der Waals surface area (Å²) in [6.45, 7) is 5.16. The molecular weight excluding hydrogens is 200 g/mol. The average molecular weight is 220 g/mol. The summed E-state index contributed by atoms with van der Waals surface area (Å²) in [5.41, 5.74) is 0.220. The van der Waals surface area contributed by atoms with Gasteiger partial charge in [-0.25, -0.2) is 4.98 Å². The maximum absolute atomic E-state index is 4.44. The SMILES string of the molecule is CCNc1nccc(NC2(C)CCCC2)n1. The molecule has 1 aliphatic carbocycles. The zero-order chi connectivity index (χ0) is 11.4. The molecule has 2 rings (SSSR count). The van der Waals surface area contributed by atoms with Gasteiger partial charge in [-0.1, -0.05) is 12.8 Å². The van der Waals surface area contributed by atoms with Gasteiger partial charge < -0.3 is 10.6 Å². The van der Waals surface area contributed by atoms with Crippen LogP contribution in [0.25, 0.3) is 0 Å². The molecular formula is C12H20N4. The average Bonchev–Trinajstić information content (AvgIpc) is 2.66. The zero-order valence-corrected chi connectivity index (χ0v) is 10.1. The summed E-state index contributed by atoms with van der Waals surface area (Å²) in [4.78, 5) is 8.60. The molecule has 1 aromatic rings. The van der Waals surface area contributed by atoms with Crippen molar-refractivity contribution in [3.8, 4) is 0 Å². The van der Waals surface area contributed by atoms with E-state index in [9.17, 15) is 0 Å². The van der Waals surface area contributed by atoms with Crippen LogP contribution in [0.2, 0.25) is 0 Å². The molecule has 0 bridgehead atoms. The van der Waals surface area contributed by atoms with E-state index in [0.29, 0.717) is 5.95 Å². The fourth-order valence-electron chi connectivity index (χ4n) is 2.26. The molecule has 16 heavy (non-hydrogen) atoms. The van der Waals surface area contributed by atoms with Gasteiger partial charge in [-0.3, -0.25) is 0 Å².